The van der Waals surface area contributed by atoms with E-state index < -0.39 is 0 Å². The summed E-state index contributed by atoms with van der Waals surface area (Å²) in [5, 5.41) is 0. The van der Waals surface area contributed by atoms with Crippen LogP contribution in [0.3, 0.4) is 0 Å². The summed E-state index contributed by atoms with van der Waals surface area (Å²) < 4.78 is 0. The van der Waals surface area contributed by atoms with Gasteiger partial charge in [-0.3, -0.25) is 0 Å². The number of aryl methyl sites for hydroxylation is 2. The van der Waals surface area contributed by atoms with Crippen LogP contribution in [0.4, 0.5) is 11.4 Å². The van der Waals surface area contributed by atoms with E-state index in [1.807, 2.05) is 12.1 Å². The van der Waals surface area contributed by atoms with E-state index in [-0.39, 0.29) is 0 Å². The molecule has 4 aromatic carbocycles. The fourth-order valence-corrected chi connectivity index (χ4v) is 3.65. The van der Waals surface area contributed by atoms with Crippen molar-refractivity contribution in [3.63, 3.8) is 0 Å². The van der Waals surface area contributed by atoms with Gasteiger partial charge in [0.25, 0.3) is 0 Å². The molecule has 0 spiro atoms. The number of nitrogens with zero attached hydrogens (tertiary/aromatic N) is 2. The van der Waals surface area contributed by atoms with Crippen molar-refractivity contribution >= 4 is 22.8 Å². The highest BCUT2D eigenvalue weighted by atomic mass is 14.8. The Morgan fingerprint density at radius 3 is 1.19 bits per heavy atom. The van der Waals surface area contributed by atoms with Gasteiger partial charge in [-0.2, -0.15) is 0 Å². The maximum absolute atomic E-state index is 5.20. The second-order valence-corrected chi connectivity index (χ2v) is 8.09. The molecule has 0 aliphatic heterocycles. The lowest BCUT2D eigenvalue weighted by Gasteiger charge is -2.14. The highest BCUT2D eigenvalue weighted by Gasteiger charge is 2.16. The van der Waals surface area contributed by atoms with E-state index in [1.54, 1.807) is 0 Å². The number of hydrogen-bond acceptors (Lipinski definition) is 2. The van der Waals surface area contributed by atoms with Gasteiger partial charge in [0.15, 0.2) is 0 Å². The Morgan fingerprint density at radius 1 is 0.438 bits per heavy atom. The van der Waals surface area contributed by atoms with Crippen LogP contribution in [0.5, 0.6) is 0 Å². The number of aliphatic imine (C=N–C) groups is 2. The van der Waals surface area contributed by atoms with E-state index in [9.17, 15) is 0 Å². The van der Waals surface area contributed by atoms with Crippen LogP contribution in [-0.4, -0.2) is 11.4 Å². The molecule has 0 saturated heterocycles. The first-order valence-corrected chi connectivity index (χ1v) is 11.0. The SMILES string of the molecule is Cc1cccc(N=C(C(=Nc2cccc(C)c2C)c2ccccc2)c2ccccc2)c1C. The van der Waals surface area contributed by atoms with Gasteiger partial charge in [0.2, 0.25) is 0 Å². The molecule has 4 aromatic rings. The summed E-state index contributed by atoms with van der Waals surface area (Å²) in [4.78, 5) is 10.4. The van der Waals surface area contributed by atoms with Crippen LogP contribution in [0.1, 0.15) is 33.4 Å². The smallest absolute Gasteiger partial charge is 0.0972 e. The summed E-state index contributed by atoms with van der Waals surface area (Å²) in [6, 6.07) is 33.2. The molecule has 0 bridgehead atoms. The van der Waals surface area contributed by atoms with Gasteiger partial charge in [-0.25, -0.2) is 9.98 Å². The minimum Gasteiger partial charge on any atom is -0.246 e. The Labute approximate surface area is 191 Å². The number of benzene rings is 4. The average Bonchev–Trinajstić information content (AvgIpc) is 2.82. The lowest BCUT2D eigenvalue weighted by molar-refractivity contribution is 1.30. The molecule has 0 aliphatic carbocycles. The Bertz CT molecular complexity index is 1180. The molecule has 32 heavy (non-hydrogen) atoms. The Hall–Kier alpha value is -3.78. The molecule has 0 N–H and O–H groups in total. The van der Waals surface area contributed by atoms with Crippen molar-refractivity contribution in [2.45, 2.75) is 27.7 Å². The lowest BCUT2D eigenvalue weighted by Crippen LogP contribution is -2.17. The summed E-state index contributed by atoms with van der Waals surface area (Å²) in [5.74, 6) is 0. The zero-order valence-corrected chi connectivity index (χ0v) is 19.1. The predicted octanol–water partition coefficient (Wildman–Crippen LogP) is 7.86. The van der Waals surface area contributed by atoms with Crippen LogP contribution in [0, 0.1) is 27.7 Å². The average molecular weight is 417 g/mol. The maximum Gasteiger partial charge on any atom is 0.0972 e. The molecule has 0 fully saturated rings. The van der Waals surface area contributed by atoms with Gasteiger partial charge in [0, 0.05) is 11.1 Å². The summed E-state index contributed by atoms with van der Waals surface area (Å²) >= 11 is 0. The van der Waals surface area contributed by atoms with E-state index in [0.717, 1.165) is 33.9 Å². The van der Waals surface area contributed by atoms with Crippen LogP contribution in [0.25, 0.3) is 0 Å². The fraction of sp³-hybridized carbons (Fsp3) is 0.133. The zero-order valence-electron chi connectivity index (χ0n) is 19.1. The molecule has 158 valence electrons. The highest BCUT2D eigenvalue weighted by Crippen LogP contribution is 2.27. The first-order chi connectivity index (χ1) is 15.5. The minimum atomic E-state index is 0.867. The third-order valence-corrected chi connectivity index (χ3v) is 5.94. The van der Waals surface area contributed by atoms with Crippen LogP contribution >= 0.6 is 0 Å². The van der Waals surface area contributed by atoms with Crippen molar-refractivity contribution in [1.29, 1.82) is 0 Å². The first kappa shape index (κ1) is 21.5. The molecule has 0 saturated carbocycles. The van der Waals surface area contributed by atoms with Crippen LogP contribution < -0.4 is 0 Å². The molecule has 0 unspecified atom stereocenters. The molecule has 0 atom stereocenters. The molecule has 4 rings (SSSR count). The van der Waals surface area contributed by atoms with E-state index >= 15 is 0 Å². The third-order valence-electron chi connectivity index (χ3n) is 5.94. The Morgan fingerprint density at radius 2 is 0.812 bits per heavy atom. The van der Waals surface area contributed by atoms with Crippen LogP contribution in [-0.2, 0) is 0 Å². The monoisotopic (exact) mass is 416 g/mol. The highest BCUT2D eigenvalue weighted by molar-refractivity contribution is 6.54. The van der Waals surface area contributed by atoms with Gasteiger partial charge in [0.05, 0.1) is 22.8 Å². The summed E-state index contributed by atoms with van der Waals surface area (Å²) in [5.41, 5.74) is 10.6. The maximum atomic E-state index is 5.20. The number of rotatable bonds is 5. The molecular formula is C30H28N2. The third kappa shape index (κ3) is 4.60. The van der Waals surface area contributed by atoms with Gasteiger partial charge >= 0.3 is 0 Å². The largest absolute Gasteiger partial charge is 0.246 e. The molecule has 2 heteroatoms. The van der Waals surface area contributed by atoms with Crippen molar-refractivity contribution in [2.75, 3.05) is 0 Å². The van der Waals surface area contributed by atoms with Crippen LogP contribution in [0.15, 0.2) is 107 Å². The number of hydrogen-bond donors (Lipinski definition) is 0. The summed E-state index contributed by atoms with van der Waals surface area (Å²) in [7, 11) is 0. The van der Waals surface area contributed by atoms with Crippen molar-refractivity contribution in [3.8, 4) is 0 Å². The van der Waals surface area contributed by atoms with E-state index in [4.69, 9.17) is 9.98 Å². The lowest BCUT2D eigenvalue weighted by atomic mass is 9.98. The van der Waals surface area contributed by atoms with Gasteiger partial charge in [-0.15, -0.1) is 0 Å². The second-order valence-electron chi connectivity index (χ2n) is 8.09. The first-order valence-electron chi connectivity index (χ1n) is 11.0. The van der Waals surface area contributed by atoms with Gasteiger partial charge in [-0.1, -0.05) is 84.9 Å². The van der Waals surface area contributed by atoms with Crippen LogP contribution in [0.2, 0.25) is 0 Å². The second kappa shape index (κ2) is 9.57. The molecule has 0 heterocycles. The molecule has 0 aromatic heterocycles. The van der Waals surface area contributed by atoms with Gasteiger partial charge in [-0.05, 0) is 62.1 Å². The van der Waals surface area contributed by atoms with Gasteiger partial charge in [0.1, 0.15) is 0 Å². The van der Waals surface area contributed by atoms with E-state index in [2.05, 4.69) is 113 Å². The minimum absolute atomic E-state index is 0.867. The van der Waals surface area contributed by atoms with E-state index in [1.165, 1.54) is 22.3 Å². The van der Waals surface area contributed by atoms with Crippen molar-refractivity contribution < 1.29 is 0 Å². The van der Waals surface area contributed by atoms with Gasteiger partial charge < -0.3 is 0 Å². The van der Waals surface area contributed by atoms with Crippen molar-refractivity contribution in [3.05, 3.63) is 130 Å². The van der Waals surface area contributed by atoms with Crippen molar-refractivity contribution in [1.82, 2.24) is 0 Å². The topological polar surface area (TPSA) is 24.7 Å². The standard InChI is InChI=1S/C30H28N2/c1-21-13-11-19-27(23(21)3)31-29(25-15-7-5-8-16-25)30(26-17-9-6-10-18-26)32-28-20-12-14-22(2)24(28)4/h5-20H,1-4H3. The molecule has 0 radical (unpaired) electrons. The zero-order chi connectivity index (χ0) is 22.5. The predicted molar refractivity (Wildman–Crippen MR) is 137 cm³/mol. The van der Waals surface area contributed by atoms with Crippen molar-refractivity contribution in [2.24, 2.45) is 9.98 Å². The quantitative estimate of drug-likeness (QED) is 0.296. The fourth-order valence-electron chi connectivity index (χ4n) is 3.65. The summed E-state index contributed by atoms with van der Waals surface area (Å²) in [6.45, 7) is 8.50. The molecular weight excluding hydrogens is 388 g/mol. The molecule has 0 aliphatic rings. The molecule has 2 nitrogen and oxygen atoms in total. The Kier molecular flexibility index (Phi) is 6.42. The molecule has 0 amide bonds. The Balaban J connectivity index is 2.02. The normalized spacial score (nSPS) is 12.1. The van der Waals surface area contributed by atoms with E-state index in [0.29, 0.717) is 0 Å². The summed E-state index contributed by atoms with van der Waals surface area (Å²) in [6.07, 6.45) is 0.